The molecule has 1 spiro atoms. The highest BCUT2D eigenvalue weighted by Gasteiger charge is 2.75. The summed E-state index contributed by atoms with van der Waals surface area (Å²) in [5, 5.41) is 15.6. The Hall–Kier alpha value is -1.28. The average Bonchev–Trinajstić information content (AvgIpc) is 3.16. The summed E-state index contributed by atoms with van der Waals surface area (Å²) in [6.45, 7) is 10.3. The fourth-order valence-electron chi connectivity index (χ4n) is 5.27. The van der Waals surface area contributed by atoms with Crippen LogP contribution in [0.25, 0.3) is 0 Å². The van der Waals surface area contributed by atoms with Crippen molar-refractivity contribution >= 4 is 29.5 Å². The van der Waals surface area contributed by atoms with Gasteiger partial charge in [0, 0.05) is 23.9 Å². The first-order valence-electron chi connectivity index (χ1n) is 10.3. The van der Waals surface area contributed by atoms with Crippen molar-refractivity contribution in [3.8, 4) is 0 Å². The molecular weight excluding hydrogens is 378 g/mol. The van der Waals surface area contributed by atoms with Gasteiger partial charge in [-0.2, -0.15) is 0 Å². The Morgan fingerprint density at radius 3 is 2.57 bits per heavy atom. The van der Waals surface area contributed by atoms with E-state index in [9.17, 15) is 19.5 Å². The van der Waals surface area contributed by atoms with Crippen LogP contribution in [-0.2, 0) is 14.4 Å². The zero-order chi connectivity index (χ0) is 20.9. The number of aliphatic hydroxyl groups excluding tert-OH is 1. The highest BCUT2D eigenvalue weighted by atomic mass is 32.2. The number of fused-ring (bicyclic) bond motifs is 1. The molecule has 3 amide bonds. The highest BCUT2D eigenvalue weighted by Crippen LogP contribution is 2.68. The first kappa shape index (κ1) is 21.4. The van der Waals surface area contributed by atoms with Crippen molar-refractivity contribution in [1.82, 2.24) is 15.5 Å². The van der Waals surface area contributed by atoms with Crippen LogP contribution in [0.2, 0.25) is 0 Å². The van der Waals surface area contributed by atoms with Crippen molar-refractivity contribution < 1.29 is 19.5 Å². The van der Waals surface area contributed by atoms with E-state index < -0.39 is 28.2 Å². The molecule has 2 bridgehead atoms. The molecule has 0 aromatic carbocycles. The van der Waals surface area contributed by atoms with Gasteiger partial charge in [-0.05, 0) is 39.5 Å². The van der Waals surface area contributed by atoms with E-state index in [0.717, 1.165) is 12.8 Å². The molecule has 6 atom stereocenters. The maximum atomic E-state index is 13.4. The van der Waals surface area contributed by atoms with E-state index in [2.05, 4.69) is 17.6 Å². The second-order valence-electron chi connectivity index (χ2n) is 9.34. The highest BCUT2D eigenvalue weighted by molar-refractivity contribution is 8.02. The number of hydrogen-bond acceptors (Lipinski definition) is 5. The van der Waals surface area contributed by atoms with Gasteiger partial charge in [0.15, 0.2) is 0 Å². The molecule has 0 aliphatic carbocycles. The summed E-state index contributed by atoms with van der Waals surface area (Å²) in [6, 6.07) is -0.662. The maximum absolute atomic E-state index is 13.4. The summed E-state index contributed by atoms with van der Waals surface area (Å²) in [4.78, 5) is 41.2. The summed E-state index contributed by atoms with van der Waals surface area (Å²) in [6.07, 6.45) is 1.66. The van der Waals surface area contributed by atoms with E-state index in [4.69, 9.17) is 0 Å². The summed E-state index contributed by atoms with van der Waals surface area (Å²) in [5.74, 6) is -1.20. The standard InChI is InChI=1S/C20H33N3O4S/c1-6-7-21-16(25)13-12-10-11(2)20(28-12)14(13)18(27)23(8-9-24)15(20)17(26)22-19(3,4)5/h11-15,24H,6-10H2,1-5H3,(H,21,25)(H,22,26)/t11?,12-,13+,14+,15?,20?/m1/s1. The van der Waals surface area contributed by atoms with Crippen molar-refractivity contribution in [3.05, 3.63) is 0 Å². The lowest BCUT2D eigenvalue weighted by Crippen LogP contribution is -2.59. The van der Waals surface area contributed by atoms with E-state index >= 15 is 0 Å². The molecule has 0 saturated carbocycles. The minimum Gasteiger partial charge on any atom is -0.395 e. The molecule has 3 rings (SSSR count). The Bertz CT molecular complexity index is 664. The largest absolute Gasteiger partial charge is 0.395 e. The van der Waals surface area contributed by atoms with E-state index in [1.165, 1.54) is 4.90 Å². The molecular formula is C20H33N3O4S. The van der Waals surface area contributed by atoms with Crippen LogP contribution in [-0.4, -0.2) is 69.0 Å². The van der Waals surface area contributed by atoms with Crippen molar-refractivity contribution in [1.29, 1.82) is 0 Å². The molecule has 3 aliphatic heterocycles. The first-order valence-corrected chi connectivity index (χ1v) is 11.1. The first-order chi connectivity index (χ1) is 13.1. The molecule has 8 heteroatoms. The summed E-state index contributed by atoms with van der Waals surface area (Å²) in [5.41, 5.74) is -0.428. The van der Waals surface area contributed by atoms with Gasteiger partial charge >= 0.3 is 0 Å². The quantitative estimate of drug-likeness (QED) is 0.599. The Labute approximate surface area is 171 Å². The molecule has 3 heterocycles. The number of likely N-dealkylation sites (tertiary alicyclic amines) is 1. The fourth-order valence-corrected chi connectivity index (χ4v) is 7.69. The minimum absolute atomic E-state index is 0.0574. The molecule has 0 aromatic rings. The van der Waals surface area contributed by atoms with Gasteiger partial charge in [0.1, 0.15) is 6.04 Å². The maximum Gasteiger partial charge on any atom is 0.244 e. The molecule has 0 aromatic heterocycles. The van der Waals surface area contributed by atoms with Crippen molar-refractivity contribution in [3.63, 3.8) is 0 Å². The second kappa shape index (κ2) is 7.52. The normalized spacial score (nSPS) is 36.6. The number of amides is 3. The predicted octanol–water partition coefficient (Wildman–Crippen LogP) is 0.757. The molecule has 3 aliphatic rings. The number of rotatable bonds is 6. The number of carbonyl (C=O) groups excluding carboxylic acids is 3. The molecule has 3 N–H and O–H groups in total. The molecule has 158 valence electrons. The van der Waals surface area contributed by atoms with Gasteiger partial charge in [-0.25, -0.2) is 0 Å². The van der Waals surface area contributed by atoms with Crippen LogP contribution < -0.4 is 10.6 Å². The number of nitrogens with one attached hydrogen (secondary N) is 2. The zero-order valence-electron chi connectivity index (χ0n) is 17.4. The van der Waals surface area contributed by atoms with E-state index in [1.54, 1.807) is 11.8 Å². The summed E-state index contributed by atoms with van der Waals surface area (Å²) >= 11 is 1.66. The van der Waals surface area contributed by atoms with E-state index in [1.807, 2.05) is 27.7 Å². The third-order valence-electron chi connectivity index (χ3n) is 6.18. The zero-order valence-corrected chi connectivity index (χ0v) is 18.3. The molecule has 0 radical (unpaired) electrons. The topological polar surface area (TPSA) is 98.7 Å². The van der Waals surface area contributed by atoms with Gasteiger partial charge in [0.05, 0.1) is 23.2 Å². The third-order valence-corrected chi connectivity index (χ3v) is 8.26. The Balaban J connectivity index is 2.00. The Morgan fingerprint density at radius 1 is 1.32 bits per heavy atom. The van der Waals surface area contributed by atoms with Crippen LogP contribution >= 0.6 is 11.8 Å². The SMILES string of the molecule is CCCNC(=O)[C@@H]1[C@H]2C(=O)N(CCO)C(C(=O)NC(C)(C)C)C23S[C@@H]1CC3C. The van der Waals surface area contributed by atoms with Gasteiger partial charge in [-0.1, -0.05) is 13.8 Å². The summed E-state index contributed by atoms with van der Waals surface area (Å²) < 4.78 is -0.611. The van der Waals surface area contributed by atoms with Gasteiger partial charge in [0.25, 0.3) is 0 Å². The monoisotopic (exact) mass is 411 g/mol. The van der Waals surface area contributed by atoms with Gasteiger partial charge < -0.3 is 20.6 Å². The molecule has 3 fully saturated rings. The predicted molar refractivity (Wildman–Crippen MR) is 109 cm³/mol. The number of carbonyl (C=O) groups is 3. The lowest BCUT2D eigenvalue weighted by molar-refractivity contribution is -0.140. The molecule has 28 heavy (non-hydrogen) atoms. The van der Waals surface area contributed by atoms with Crippen molar-refractivity contribution in [2.24, 2.45) is 17.8 Å². The van der Waals surface area contributed by atoms with Gasteiger partial charge in [-0.3, -0.25) is 14.4 Å². The van der Waals surface area contributed by atoms with Crippen LogP contribution in [0.3, 0.4) is 0 Å². The van der Waals surface area contributed by atoms with Crippen LogP contribution in [0, 0.1) is 17.8 Å². The lowest BCUT2D eigenvalue weighted by atomic mass is 9.65. The average molecular weight is 412 g/mol. The lowest BCUT2D eigenvalue weighted by Gasteiger charge is -2.39. The van der Waals surface area contributed by atoms with Crippen LogP contribution in [0.15, 0.2) is 0 Å². The van der Waals surface area contributed by atoms with Crippen molar-refractivity contribution in [2.45, 2.75) is 69.0 Å². The van der Waals surface area contributed by atoms with Crippen LogP contribution in [0.4, 0.5) is 0 Å². The van der Waals surface area contributed by atoms with Crippen LogP contribution in [0.1, 0.15) is 47.5 Å². The van der Waals surface area contributed by atoms with Gasteiger partial charge in [-0.15, -0.1) is 11.8 Å². The van der Waals surface area contributed by atoms with Gasteiger partial charge in [0.2, 0.25) is 17.7 Å². The Kier molecular flexibility index (Phi) is 5.75. The molecule has 3 saturated heterocycles. The minimum atomic E-state index is -0.662. The number of nitrogens with zero attached hydrogens (tertiary/aromatic N) is 1. The van der Waals surface area contributed by atoms with E-state index in [0.29, 0.717) is 6.54 Å². The number of thioether (sulfide) groups is 1. The Morgan fingerprint density at radius 2 is 2.00 bits per heavy atom. The van der Waals surface area contributed by atoms with E-state index in [-0.39, 0.29) is 42.0 Å². The number of hydrogen-bond donors (Lipinski definition) is 3. The smallest absolute Gasteiger partial charge is 0.244 e. The number of β-amino-alcohol motifs (C(OH)–C–C–N with tert-alkyl or cyclic N) is 1. The van der Waals surface area contributed by atoms with Crippen LogP contribution in [0.5, 0.6) is 0 Å². The van der Waals surface area contributed by atoms with Crippen molar-refractivity contribution in [2.75, 3.05) is 19.7 Å². The third kappa shape index (κ3) is 3.22. The fraction of sp³-hybridized carbons (Fsp3) is 0.850. The second-order valence-corrected chi connectivity index (χ2v) is 10.9. The number of aliphatic hydroxyl groups is 1. The summed E-state index contributed by atoms with van der Waals surface area (Å²) in [7, 11) is 0. The molecule has 7 nitrogen and oxygen atoms in total. The molecule has 3 unspecified atom stereocenters.